The van der Waals surface area contributed by atoms with E-state index in [2.05, 4.69) is 25.2 Å². The van der Waals surface area contributed by atoms with Gasteiger partial charge in [-0.3, -0.25) is 0 Å². The van der Waals surface area contributed by atoms with Crippen LogP contribution in [0.4, 0.5) is 5.82 Å². The van der Waals surface area contributed by atoms with Crippen molar-refractivity contribution in [2.24, 2.45) is 0 Å². The van der Waals surface area contributed by atoms with Crippen molar-refractivity contribution in [3.05, 3.63) is 34.0 Å². The fourth-order valence-corrected chi connectivity index (χ4v) is 4.23. The maximum atomic E-state index is 9.46. The quantitative estimate of drug-likeness (QED) is 0.558. The molecule has 1 aromatic carbocycles. The lowest BCUT2D eigenvalue weighted by molar-refractivity contribution is 0.324. The summed E-state index contributed by atoms with van der Waals surface area (Å²) in [5.74, 6) is 3.15. The smallest absolute Gasteiger partial charge is 0.203 e. The van der Waals surface area contributed by atoms with Gasteiger partial charge in [-0.25, -0.2) is 9.97 Å². The maximum absolute atomic E-state index is 9.46. The van der Waals surface area contributed by atoms with E-state index in [1.165, 1.54) is 11.3 Å². The molecule has 30 heavy (non-hydrogen) atoms. The maximum Gasteiger partial charge on any atom is 0.203 e. The molecule has 0 aliphatic rings. The van der Waals surface area contributed by atoms with Crippen molar-refractivity contribution >= 4 is 27.4 Å². The van der Waals surface area contributed by atoms with Crippen LogP contribution in [-0.4, -0.2) is 37.3 Å². The van der Waals surface area contributed by atoms with Crippen LogP contribution in [0.3, 0.4) is 0 Å². The van der Waals surface area contributed by atoms with Crippen molar-refractivity contribution in [2.45, 2.75) is 39.7 Å². The second-order valence-corrected chi connectivity index (χ2v) is 8.00. The zero-order chi connectivity index (χ0) is 21.8. The molecule has 8 heteroatoms. The number of methoxy groups -OCH3 is 3. The first-order valence-corrected chi connectivity index (χ1v) is 10.5. The van der Waals surface area contributed by atoms with Gasteiger partial charge < -0.3 is 19.5 Å². The van der Waals surface area contributed by atoms with Gasteiger partial charge in [0.25, 0.3) is 0 Å². The highest BCUT2D eigenvalue weighted by Crippen LogP contribution is 2.39. The minimum Gasteiger partial charge on any atom is -0.493 e. The lowest BCUT2D eigenvalue weighted by atomic mass is 10.1. The molecule has 0 aliphatic carbocycles. The highest BCUT2D eigenvalue weighted by atomic mass is 32.1. The Bertz CT molecular complexity index is 1080. The zero-order valence-electron chi connectivity index (χ0n) is 18.1. The Hall–Kier alpha value is -3.05. The summed E-state index contributed by atoms with van der Waals surface area (Å²) in [6, 6.07) is 6.32. The van der Waals surface area contributed by atoms with Crippen LogP contribution in [-0.2, 0) is 6.42 Å². The molecule has 0 bridgehead atoms. The molecule has 0 amide bonds. The summed E-state index contributed by atoms with van der Waals surface area (Å²) in [6.07, 6.45) is 1.45. The number of nitrogens with zero attached hydrogens (tertiary/aromatic N) is 3. The lowest BCUT2D eigenvalue weighted by Crippen LogP contribution is -2.16. The van der Waals surface area contributed by atoms with Crippen molar-refractivity contribution < 1.29 is 14.2 Å². The predicted molar refractivity (Wildman–Crippen MR) is 119 cm³/mol. The van der Waals surface area contributed by atoms with E-state index in [0.717, 1.165) is 33.6 Å². The minimum atomic E-state index is 0.252. The van der Waals surface area contributed by atoms with E-state index in [4.69, 9.17) is 24.2 Å². The summed E-state index contributed by atoms with van der Waals surface area (Å²) in [7, 11) is 4.76. The molecule has 2 aromatic heterocycles. The third-order valence-electron chi connectivity index (χ3n) is 5.02. The molecule has 7 nitrogen and oxygen atoms in total. The van der Waals surface area contributed by atoms with Gasteiger partial charge in [-0.15, -0.1) is 11.3 Å². The molecule has 1 N–H and O–H groups in total. The predicted octanol–water partition coefficient (Wildman–Crippen LogP) is 4.70. The average Bonchev–Trinajstić information content (AvgIpc) is 3.08. The molecule has 0 saturated carbocycles. The molecule has 0 fully saturated rings. The fourth-order valence-electron chi connectivity index (χ4n) is 3.23. The topological polar surface area (TPSA) is 89.3 Å². The van der Waals surface area contributed by atoms with Gasteiger partial charge in [0, 0.05) is 12.5 Å². The Morgan fingerprint density at radius 1 is 1.13 bits per heavy atom. The number of hydrogen-bond acceptors (Lipinski definition) is 8. The van der Waals surface area contributed by atoms with E-state index in [1.54, 1.807) is 21.3 Å². The van der Waals surface area contributed by atoms with Gasteiger partial charge in [0.15, 0.2) is 11.5 Å². The van der Waals surface area contributed by atoms with Crippen LogP contribution in [0.1, 0.15) is 42.1 Å². The monoisotopic (exact) mass is 426 g/mol. The van der Waals surface area contributed by atoms with Crippen molar-refractivity contribution in [3.8, 4) is 23.3 Å². The SMILES string of the molecule is CCC(C)Nc1nc(Cc2cc(OC)c(OC)c(OC)c2)nc2sc(C#N)c(C)c12. The molecule has 158 valence electrons. The van der Waals surface area contributed by atoms with Gasteiger partial charge >= 0.3 is 0 Å². The standard InChI is InChI=1S/C22H26N4O3S/c1-7-12(2)24-21-19-13(3)17(11-23)30-22(19)26-18(25-21)10-14-8-15(27-4)20(29-6)16(9-14)28-5/h8-9,12H,7,10H2,1-6H3,(H,24,25,26). The summed E-state index contributed by atoms with van der Waals surface area (Å²) < 4.78 is 16.3. The molecule has 3 aromatic rings. The second kappa shape index (κ2) is 9.18. The lowest BCUT2D eigenvalue weighted by Gasteiger charge is -2.16. The third-order valence-corrected chi connectivity index (χ3v) is 6.11. The zero-order valence-corrected chi connectivity index (χ0v) is 18.9. The molecule has 0 spiro atoms. The summed E-state index contributed by atoms with van der Waals surface area (Å²) in [5, 5.41) is 13.9. The number of thiophene rings is 1. The van der Waals surface area contributed by atoms with E-state index >= 15 is 0 Å². The summed E-state index contributed by atoms with van der Waals surface area (Å²) in [6.45, 7) is 6.18. The third kappa shape index (κ3) is 4.12. The first-order valence-electron chi connectivity index (χ1n) is 9.71. The van der Waals surface area contributed by atoms with Gasteiger partial charge in [-0.05, 0) is 43.5 Å². The molecule has 3 rings (SSSR count). The van der Waals surface area contributed by atoms with Crippen LogP contribution in [0.5, 0.6) is 17.2 Å². The van der Waals surface area contributed by atoms with Crippen LogP contribution in [0, 0.1) is 18.3 Å². The molecular weight excluding hydrogens is 400 g/mol. The van der Waals surface area contributed by atoms with Crippen molar-refractivity contribution in [3.63, 3.8) is 0 Å². The minimum absolute atomic E-state index is 0.252. The van der Waals surface area contributed by atoms with Gasteiger partial charge in [0.1, 0.15) is 27.4 Å². The molecule has 0 saturated heterocycles. The van der Waals surface area contributed by atoms with Gasteiger partial charge in [-0.2, -0.15) is 5.26 Å². The average molecular weight is 427 g/mol. The number of aromatic nitrogens is 2. The van der Waals surface area contributed by atoms with Crippen LogP contribution >= 0.6 is 11.3 Å². The largest absolute Gasteiger partial charge is 0.493 e. The van der Waals surface area contributed by atoms with Gasteiger partial charge in [0.05, 0.1) is 26.7 Å². The number of ether oxygens (including phenoxy) is 3. The van der Waals surface area contributed by atoms with Crippen molar-refractivity contribution in [2.75, 3.05) is 26.6 Å². The van der Waals surface area contributed by atoms with E-state index in [1.807, 2.05) is 19.1 Å². The number of nitriles is 1. The first-order chi connectivity index (χ1) is 14.4. The van der Waals surface area contributed by atoms with E-state index in [9.17, 15) is 5.26 Å². The molecule has 1 unspecified atom stereocenters. The number of hydrogen-bond donors (Lipinski definition) is 1. The first kappa shape index (κ1) is 21.7. The Kier molecular flexibility index (Phi) is 6.63. The van der Waals surface area contributed by atoms with E-state index < -0.39 is 0 Å². The fraction of sp³-hybridized carbons (Fsp3) is 0.409. The molecule has 1 atom stereocenters. The number of rotatable bonds is 8. The van der Waals surface area contributed by atoms with E-state index in [0.29, 0.717) is 34.4 Å². The highest BCUT2D eigenvalue weighted by molar-refractivity contribution is 7.19. The Labute approximate surface area is 180 Å². The second-order valence-electron chi connectivity index (χ2n) is 7.00. The van der Waals surface area contributed by atoms with Crippen LogP contribution in [0.2, 0.25) is 0 Å². The molecule has 2 heterocycles. The molecule has 0 radical (unpaired) electrons. The Morgan fingerprint density at radius 2 is 1.80 bits per heavy atom. The number of aryl methyl sites for hydroxylation is 1. The normalized spacial score (nSPS) is 11.8. The summed E-state index contributed by atoms with van der Waals surface area (Å²) >= 11 is 1.40. The number of nitrogens with one attached hydrogen (secondary N) is 1. The number of benzene rings is 1. The van der Waals surface area contributed by atoms with Gasteiger partial charge in [-0.1, -0.05) is 6.92 Å². The number of fused-ring (bicyclic) bond motifs is 1. The number of anilines is 1. The van der Waals surface area contributed by atoms with Crippen molar-refractivity contribution in [1.29, 1.82) is 5.26 Å². The molecular formula is C22H26N4O3S. The Morgan fingerprint density at radius 3 is 2.33 bits per heavy atom. The van der Waals surface area contributed by atoms with Crippen LogP contribution in [0.25, 0.3) is 10.2 Å². The van der Waals surface area contributed by atoms with Crippen molar-refractivity contribution in [1.82, 2.24) is 9.97 Å². The molecule has 0 aliphatic heterocycles. The van der Waals surface area contributed by atoms with E-state index in [-0.39, 0.29) is 6.04 Å². The highest BCUT2D eigenvalue weighted by Gasteiger charge is 2.19. The van der Waals surface area contributed by atoms with Crippen LogP contribution < -0.4 is 19.5 Å². The van der Waals surface area contributed by atoms with Crippen LogP contribution in [0.15, 0.2) is 12.1 Å². The van der Waals surface area contributed by atoms with Gasteiger partial charge in [0.2, 0.25) is 5.75 Å². The summed E-state index contributed by atoms with van der Waals surface area (Å²) in [5.41, 5.74) is 1.86. The summed E-state index contributed by atoms with van der Waals surface area (Å²) in [4.78, 5) is 11.0. The Balaban J connectivity index is 2.10.